The van der Waals surface area contributed by atoms with Gasteiger partial charge < -0.3 is 5.32 Å². The first-order valence-corrected chi connectivity index (χ1v) is 6.84. The number of pyridine rings is 2. The molecule has 1 unspecified atom stereocenters. The fourth-order valence-corrected chi connectivity index (χ4v) is 2.18. The molecule has 0 fully saturated rings. The van der Waals surface area contributed by atoms with Crippen LogP contribution in [-0.2, 0) is 6.42 Å². The van der Waals surface area contributed by atoms with E-state index in [1.165, 1.54) is 11.1 Å². The lowest BCUT2D eigenvalue weighted by atomic mass is 10.0. The van der Waals surface area contributed by atoms with Crippen molar-refractivity contribution >= 4 is 0 Å². The van der Waals surface area contributed by atoms with Crippen LogP contribution in [0.25, 0.3) is 0 Å². The lowest BCUT2D eigenvalue weighted by molar-refractivity contribution is 0.514. The molecule has 3 heteroatoms. The first kappa shape index (κ1) is 13.7. The van der Waals surface area contributed by atoms with Crippen LogP contribution in [0.5, 0.6) is 0 Å². The maximum atomic E-state index is 4.39. The third kappa shape index (κ3) is 4.14. The second-order valence-electron chi connectivity index (χ2n) is 4.74. The molecule has 2 aromatic heterocycles. The van der Waals surface area contributed by atoms with E-state index in [-0.39, 0.29) is 0 Å². The zero-order chi connectivity index (χ0) is 13.5. The summed E-state index contributed by atoms with van der Waals surface area (Å²) in [4.78, 5) is 8.44. The van der Waals surface area contributed by atoms with Gasteiger partial charge >= 0.3 is 0 Å². The average Bonchev–Trinajstić information content (AvgIpc) is 2.46. The van der Waals surface area contributed by atoms with Gasteiger partial charge in [-0.3, -0.25) is 9.97 Å². The largest absolute Gasteiger partial charge is 0.310 e. The Balaban J connectivity index is 2.02. The molecule has 100 valence electrons. The summed E-state index contributed by atoms with van der Waals surface area (Å²) in [7, 11) is 0. The predicted molar refractivity (Wildman–Crippen MR) is 77.9 cm³/mol. The minimum Gasteiger partial charge on any atom is -0.310 e. The second kappa shape index (κ2) is 7.00. The van der Waals surface area contributed by atoms with E-state index in [1.54, 1.807) is 0 Å². The third-order valence-corrected chi connectivity index (χ3v) is 3.26. The first-order chi connectivity index (χ1) is 9.29. The molecular weight excluding hydrogens is 234 g/mol. The van der Waals surface area contributed by atoms with Crippen molar-refractivity contribution in [2.45, 2.75) is 32.7 Å². The number of aromatic nitrogens is 2. The molecule has 2 aromatic rings. The molecule has 0 spiro atoms. The smallest absolute Gasteiger partial charge is 0.0372 e. The molecule has 0 aliphatic heterocycles. The Bertz CT molecular complexity index is 479. The van der Waals surface area contributed by atoms with Gasteiger partial charge in [0, 0.05) is 30.3 Å². The van der Waals surface area contributed by atoms with Crippen LogP contribution in [0.4, 0.5) is 0 Å². The maximum Gasteiger partial charge on any atom is 0.0372 e. The zero-order valence-electron chi connectivity index (χ0n) is 11.6. The van der Waals surface area contributed by atoms with Crippen LogP contribution in [0.3, 0.4) is 0 Å². The van der Waals surface area contributed by atoms with Crippen molar-refractivity contribution in [3.8, 4) is 0 Å². The Morgan fingerprint density at radius 2 is 1.95 bits per heavy atom. The number of nitrogens with zero attached hydrogens (tertiary/aromatic N) is 2. The molecule has 0 saturated carbocycles. The third-order valence-electron chi connectivity index (χ3n) is 3.26. The van der Waals surface area contributed by atoms with Crippen molar-refractivity contribution < 1.29 is 0 Å². The molecule has 0 amide bonds. The molecule has 1 atom stereocenters. The fourth-order valence-electron chi connectivity index (χ4n) is 2.18. The molecule has 2 heterocycles. The van der Waals surface area contributed by atoms with E-state index in [1.807, 2.05) is 25.5 Å². The lowest BCUT2D eigenvalue weighted by Gasteiger charge is -2.18. The average molecular weight is 255 g/mol. The molecule has 1 N–H and O–H groups in total. The number of hydrogen-bond donors (Lipinski definition) is 1. The molecule has 0 bridgehead atoms. The van der Waals surface area contributed by atoms with Crippen LogP contribution in [0, 0.1) is 6.92 Å². The van der Waals surface area contributed by atoms with E-state index in [4.69, 9.17) is 0 Å². The summed E-state index contributed by atoms with van der Waals surface area (Å²) in [5, 5.41) is 3.53. The summed E-state index contributed by atoms with van der Waals surface area (Å²) < 4.78 is 0. The molecule has 0 radical (unpaired) electrons. The van der Waals surface area contributed by atoms with Crippen molar-refractivity contribution in [3.63, 3.8) is 0 Å². The van der Waals surface area contributed by atoms with Gasteiger partial charge in [0.25, 0.3) is 0 Å². The van der Waals surface area contributed by atoms with Crippen LogP contribution in [0.15, 0.2) is 42.9 Å². The van der Waals surface area contributed by atoms with E-state index in [9.17, 15) is 0 Å². The molecule has 0 saturated heterocycles. The maximum absolute atomic E-state index is 4.39. The van der Waals surface area contributed by atoms with Gasteiger partial charge in [0.15, 0.2) is 0 Å². The number of rotatable bonds is 6. The SMILES string of the molecule is CCNC(CCc1ccncc1)c1ccc(C)nc1. The highest BCUT2D eigenvalue weighted by molar-refractivity contribution is 5.18. The molecular formula is C16H21N3. The Labute approximate surface area is 115 Å². The van der Waals surface area contributed by atoms with Gasteiger partial charge in [0.1, 0.15) is 0 Å². The van der Waals surface area contributed by atoms with E-state index >= 15 is 0 Å². The number of aryl methyl sites for hydroxylation is 2. The van der Waals surface area contributed by atoms with Gasteiger partial charge in [-0.15, -0.1) is 0 Å². The van der Waals surface area contributed by atoms with Crippen molar-refractivity contribution in [3.05, 3.63) is 59.7 Å². The van der Waals surface area contributed by atoms with Crippen LogP contribution < -0.4 is 5.32 Å². The topological polar surface area (TPSA) is 37.8 Å². The summed E-state index contributed by atoms with van der Waals surface area (Å²) >= 11 is 0. The van der Waals surface area contributed by atoms with Crippen molar-refractivity contribution in [2.24, 2.45) is 0 Å². The molecule has 0 aliphatic carbocycles. The van der Waals surface area contributed by atoms with Gasteiger partial charge in [0.2, 0.25) is 0 Å². The van der Waals surface area contributed by atoms with Crippen LogP contribution in [-0.4, -0.2) is 16.5 Å². The lowest BCUT2D eigenvalue weighted by Crippen LogP contribution is -2.21. The molecule has 0 aromatic carbocycles. The molecule has 3 nitrogen and oxygen atoms in total. The summed E-state index contributed by atoms with van der Waals surface area (Å²) in [6.45, 7) is 5.12. The molecule has 2 rings (SSSR count). The van der Waals surface area contributed by atoms with Gasteiger partial charge in [-0.05, 0) is 55.6 Å². The monoisotopic (exact) mass is 255 g/mol. The Morgan fingerprint density at radius 1 is 1.16 bits per heavy atom. The standard InChI is InChI=1S/C16H21N3/c1-3-18-16(15-6-4-13(2)19-12-15)7-5-14-8-10-17-11-9-14/h4,6,8-12,16,18H,3,5,7H2,1-2H3. The highest BCUT2D eigenvalue weighted by atomic mass is 14.9. The summed E-state index contributed by atoms with van der Waals surface area (Å²) in [6, 6.07) is 8.77. The second-order valence-corrected chi connectivity index (χ2v) is 4.74. The number of nitrogens with one attached hydrogen (secondary N) is 1. The van der Waals surface area contributed by atoms with Crippen molar-refractivity contribution in [1.29, 1.82) is 0 Å². The van der Waals surface area contributed by atoms with E-state index in [0.29, 0.717) is 6.04 Å². The Kier molecular flexibility index (Phi) is 5.04. The summed E-state index contributed by atoms with van der Waals surface area (Å²) in [5.74, 6) is 0. The van der Waals surface area contributed by atoms with Crippen LogP contribution >= 0.6 is 0 Å². The van der Waals surface area contributed by atoms with Gasteiger partial charge in [-0.25, -0.2) is 0 Å². The van der Waals surface area contributed by atoms with Gasteiger partial charge in [-0.1, -0.05) is 13.0 Å². The highest BCUT2D eigenvalue weighted by Crippen LogP contribution is 2.18. The summed E-state index contributed by atoms with van der Waals surface area (Å²) in [5.41, 5.74) is 3.66. The highest BCUT2D eigenvalue weighted by Gasteiger charge is 2.10. The minimum atomic E-state index is 0.367. The Hall–Kier alpha value is -1.74. The number of hydrogen-bond acceptors (Lipinski definition) is 3. The van der Waals surface area contributed by atoms with E-state index in [2.05, 4.69) is 46.5 Å². The van der Waals surface area contributed by atoms with E-state index < -0.39 is 0 Å². The fraction of sp³-hybridized carbons (Fsp3) is 0.375. The molecule has 19 heavy (non-hydrogen) atoms. The zero-order valence-corrected chi connectivity index (χ0v) is 11.6. The normalized spacial score (nSPS) is 12.3. The van der Waals surface area contributed by atoms with Crippen LogP contribution in [0.1, 0.15) is 36.2 Å². The predicted octanol–water partition coefficient (Wildman–Crippen LogP) is 3.07. The van der Waals surface area contributed by atoms with Crippen molar-refractivity contribution in [1.82, 2.24) is 15.3 Å². The quantitative estimate of drug-likeness (QED) is 0.862. The van der Waals surface area contributed by atoms with E-state index in [0.717, 1.165) is 25.1 Å². The van der Waals surface area contributed by atoms with Gasteiger partial charge in [0.05, 0.1) is 0 Å². The van der Waals surface area contributed by atoms with Crippen molar-refractivity contribution in [2.75, 3.05) is 6.54 Å². The first-order valence-electron chi connectivity index (χ1n) is 6.84. The summed E-state index contributed by atoms with van der Waals surface area (Å²) in [6.07, 6.45) is 7.81. The minimum absolute atomic E-state index is 0.367. The molecule has 0 aliphatic rings. The Morgan fingerprint density at radius 3 is 2.58 bits per heavy atom. The van der Waals surface area contributed by atoms with Crippen LogP contribution in [0.2, 0.25) is 0 Å². The van der Waals surface area contributed by atoms with Gasteiger partial charge in [-0.2, -0.15) is 0 Å².